The number of benzene rings is 2. The minimum atomic E-state index is -3.74. The van der Waals surface area contributed by atoms with E-state index in [0.717, 1.165) is 17.8 Å². The minimum absolute atomic E-state index is 0.0990. The number of aromatic nitrogens is 2. The molecule has 0 atom stereocenters. The molecule has 9 nitrogen and oxygen atoms in total. The average Bonchev–Trinajstić information content (AvgIpc) is 3.38. The summed E-state index contributed by atoms with van der Waals surface area (Å²) in [6, 6.07) is 11.0. The molecular weight excluding hydrogens is 474 g/mol. The van der Waals surface area contributed by atoms with Gasteiger partial charge >= 0.3 is 12.3 Å². The van der Waals surface area contributed by atoms with Gasteiger partial charge in [-0.3, -0.25) is 4.79 Å². The van der Waals surface area contributed by atoms with Crippen molar-refractivity contribution >= 4 is 17.6 Å². The fraction of sp³-hybridized carbons (Fsp3) is 0.320. The van der Waals surface area contributed by atoms with E-state index in [1.54, 1.807) is 35.9 Å². The zero-order valence-corrected chi connectivity index (χ0v) is 20.0. The topological polar surface area (TPSA) is 86.1 Å². The van der Waals surface area contributed by atoms with Crippen molar-refractivity contribution in [2.75, 3.05) is 32.1 Å². The van der Waals surface area contributed by atoms with Gasteiger partial charge in [0.1, 0.15) is 0 Å². The molecule has 0 fully saturated rings. The second-order valence-electron chi connectivity index (χ2n) is 8.61. The van der Waals surface area contributed by atoms with E-state index in [4.69, 9.17) is 4.74 Å². The maximum Gasteiger partial charge on any atom is 0.586 e. The van der Waals surface area contributed by atoms with Crippen LogP contribution < -0.4 is 14.4 Å². The van der Waals surface area contributed by atoms with Crippen LogP contribution in [0.1, 0.15) is 39.0 Å². The normalized spacial score (nSPS) is 15.9. The Morgan fingerprint density at radius 1 is 1.17 bits per heavy atom. The molecule has 2 aliphatic heterocycles. The van der Waals surface area contributed by atoms with Crippen LogP contribution in [0.2, 0.25) is 0 Å². The number of carbonyl (C=O) groups excluding carboxylic acids is 2. The van der Waals surface area contributed by atoms with Gasteiger partial charge in [-0.25, -0.2) is 9.48 Å². The summed E-state index contributed by atoms with van der Waals surface area (Å²) >= 11 is 0. The Labute approximate surface area is 205 Å². The Balaban J connectivity index is 1.46. The van der Waals surface area contributed by atoms with Gasteiger partial charge in [0.15, 0.2) is 17.2 Å². The first kappa shape index (κ1) is 23.7. The lowest BCUT2D eigenvalue weighted by Gasteiger charge is -2.23. The van der Waals surface area contributed by atoms with Crippen LogP contribution >= 0.6 is 0 Å². The summed E-state index contributed by atoms with van der Waals surface area (Å²) in [6.45, 7) is 3.34. The lowest BCUT2D eigenvalue weighted by Crippen LogP contribution is -2.28. The van der Waals surface area contributed by atoms with Crippen molar-refractivity contribution in [2.45, 2.75) is 26.2 Å². The van der Waals surface area contributed by atoms with E-state index < -0.39 is 12.3 Å². The third kappa shape index (κ3) is 4.26. The molecular formula is C25H24F2N4O5. The van der Waals surface area contributed by atoms with Gasteiger partial charge in [0.2, 0.25) is 0 Å². The summed E-state index contributed by atoms with van der Waals surface area (Å²) < 4.78 is 42.6. The van der Waals surface area contributed by atoms with Crippen LogP contribution in [-0.4, -0.2) is 60.1 Å². The number of amides is 1. The molecule has 0 spiro atoms. The number of carbonyl (C=O) groups is 2. The van der Waals surface area contributed by atoms with Crippen molar-refractivity contribution in [3.05, 3.63) is 65.0 Å². The SMILES string of the molecule is CCOC(=O)c1nn(-c2cccc(C(=O)N(C)c3ccc4c(c3)OC(F)(F)O4)c2)c2c1CN(C)CC2. The zero-order chi connectivity index (χ0) is 25.6. The molecule has 0 N–H and O–H groups in total. The fourth-order valence-corrected chi connectivity index (χ4v) is 4.36. The van der Waals surface area contributed by atoms with Crippen molar-refractivity contribution in [1.82, 2.24) is 14.7 Å². The molecule has 0 saturated heterocycles. The van der Waals surface area contributed by atoms with Crippen LogP contribution in [0.5, 0.6) is 11.5 Å². The lowest BCUT2D eigenvalue weighted by molar-refractivity contribution is -0.286. The largest absolute Gasteiger partial charge is 0.586 e. The van der Waals surface area contributed by atoms with Gasteiger partial charge in [-0.15, -0.1) is 8.78 Å². The van der Waals surface area contributed by atoms with Gasteiger partial charge in [0.05, 0.1) is 18.0 Å². The van der Waals surface area contributed by atoms with Crippen LogP contribution in [0, 0.1) is 0 Å². The Bertz CT molecular complexity index is 1360. The first-order valence-electron chi connectivity index (χ1n) is 11.4. The highest BCUT2D eigenvalue weighted by Gasteiger charge is 2.43. The van der Waals surface area contributed by atoms with E-state index in [9.17, 15) is 18.4 Å². The van der Waals surface area contributed by atoms with Crippen molar-refractivity contribution in [3.8, 4) is 17.2 Å². The van der Waals surface area contributed by atoms with Gasteiger partial charge in [-0.05, 0) is 44.3 Å². The highest BCUT2D eigenvalue weighted by atomic mass is 19.3. The Morgan fingerprint density at radius 3 is 2.72 bits per heavy atom. The molecule has 3 heterocycles. The molecule has 3 aromatic rings. The number of hydrogen-bond donors (Lipinski definition) is 0. The van der Waals surface area contributed by atoms with Crippen LogP contribution in [0.4, 0.5) is 14.5 Å². The summed E-state index contributed by atoms with van der Waals surface area (Å²) in [5, 5.41) is 4.56. The molecule has 0 saturated carbocycles. The van der Waals surface area contributed by atoms with Crippen LogP contribution in [0.25, 0.3) is 5.69 Å². The van der Waals surface area contributed by atoms with E-state index in [0.29, 0.717) is 29.9 Å². The highest BCUT2D eigenvalue weighted by molar-refractivity contribution is 6.06. The third-order valence-electron chi connectivity index (χ3n) is 6.13. The number of halogens is 2. The van der Waals surface area contributed by atoms with Crippen LogP contribution in [-0.2, 0) is 17.7 Å². The number of hydrogen-bond acceptors (Lipinski definition) is 7. The quantitative estimate of drug-likeness (QED) is 0.497. The summed E-state index contributed by atoms with van der Waals surface area (Å²) in [5.41, 5.74) is 3.31. The maximum absolute atomic E-state index is 13.4. The zero-order valence-electron chi connectivity index (χ0n) is 20.0. The molecule has 2 aromatic carbocycles. The van der Waals surface area contributed by atoms with Crippen molar-refractivity contribution in [2.24, 2.45) is 0 Å². The Kier molecular flexibility index (Phi) is 5.87. The van der Waals surface area contributed by atoms with E-state index in [1.807, 2.05) is 7.05 Å². The molecule has 1 aromatic heterocycles. The van der Waals surface area contributed by atoms with E-state index >= 15 is 0 Å². The predicted octanol–water partition coefficient (Wildman–Crippen LogP) is 3.64. The summed E-state index contributed by atoms with van der Waals surface area (Å²) in [5.74, 6) is -1.10. The molecule has 188 valence electrons. The number of alkyl halides is 2. The number of anilines is 1. The molecule has 1 amide bonds. The second kappa shape index (κ2) is 8.90. The molecule has 0 bridgehead atoms. The van der Waals surface area contributed by atoms with Crippen molar-refractivity contribution < 1.29 is 32.6 Å². The average molecular weight is 498 g/mol. The monoisotopic (exact) mass is 498 g/mol. The first-order valence-corrected chi connectivity index (χ1v) is 11.4. The molecule has 0 unspecified atom stereocenters. The Morgan fingerprint density at radius 2 is 1.94 bits per heavy atom. The number of ether oxygens (including phenoxy) is 3. The summed E-state index contributed by atoms with van der Waals surface area (Å²) in [7, 11) is 3.51. The molecule has 0 radical (unpaired) electrons. The van der Waals surface area contributed by atoms with Crippen molar-refractivity contribution in [3.63, 3.8) is 0 Å². The van der Waals surface area contributed by atoms with E-state index in [2.05, 4.69) is 19.5 Å². The predicted molar refractivity (Wildman–Crippen MR) is 125 cm³/mol. The molecule has 5 rings (SSSR count). The molecule has 11 heteroatoms. The van der Waals surface area contributed by atoms with Gasteiger partial charge in [0.25, 0.3) is 5.91 Å². The maximum atomic E-state index is 13.4. The Hall–Kier alpha value is -3.99. The van der Waals surface area contributed by atoms with E-state index in [1.165, 1.54) is 30.1 Å². The molecule has 2 aliphatic rings. The minimum Gasteiger partial charge on any atom is -0.461 e. The number of likely N-dealkylation sites (N-methyl/N-ethyl adjacent to an activating group) is 1. The summed E-state index contributed by atoms with van der Waals surface area (Å²) in [6.07, 6.45) is -3.06. The lowest BCUT2D eigenvalue weighted by atomic mass is 10.1. The highest BCUT2D eigenvalue weighted by Crippen LogP contribution is 2.42. The standard InChI is InChI=1S/C25H24F2N4O5/c1-4-34-24(33)22-18-14-29(2)11-10-19(18)31(28-22)17-7-5-6-15(12-17)23(32)30(3)16-8-9-20-21(13-16)36-25(26,27)35-20/h5-9,12-13H,4,10-11,14H2,1-3H3. The molecule has 36 heavy (non-hydrogen) atoms. The van der Waals surface area contributed by atoms with Gasteiger partial charge in [-0.1, -0.05) is 6.07 Å². The van der Waals surface area contributed by atoms with Crippen LogP contribution in [0.15, 0.2) is 42.5 Å². The van der Waals surface area contributed by atoms with Gasteiger partial charge in [0, 0.05) is 49.4 Å². The number of esters is 1. The van der Waals surface area contributed by atoms with E-state index in [-0.39, 0.29) is 29.7 Å². The summed E-state index contributed by atoms with van der Waals surface area (Å²) in [4.78, 5) is 29.3. The van der Waals surface area contributed by atoms with Crippen LogP contribution in [0.3, 0.4) is 0 Å². The smallest absolute Gasteiger partial charge is 0.461 e. The number of nitrogens with zero attached hydrogens (tertiary/aromatic N) is 4. The van der Waals surface area contributed by atoms with Gasteiger partial charge in [-0.2, -0.15) is 5.10 Å². The number of fused-ring (bicyclic) bond motifs is 2. The first-order chi connectivity index (χ1) is 17.2. The van der Waals surface area contributed by atoms with Gasteiger partial charge < -0.3 is 24.0 Å². The second-order valence-corrected chi connectivity index (χ2v) is 8.61. The molecule has 0 aliphatic carbocycles. The van der Waals surface area contributed by atoms with Crippen molar-refractivity contribution in [1.29, 1.82) is 0 Å². The number of rotatable bonds is 5. The third-order valence-corrected chi connectivity index (χ3v) is 6.13. The fourth-order valence-electron chi connectivity index (χ4n) is 4.36.